The van der Waals surface area contributed by atoms with Crippen molar-refractivity contribution in [2.45, 2.75) is 38.3 Å². The van der Waals surface area contributed by atoms with Gasteiger partial charge in [-0.25, -0.2) is 0 Å². The lowest BCUT2D eigenvalue weighted by Gasteiger charge is -2.20. The maximum absolute atomic E-state index is 12.8. The van der Waals surface area contributed by atoms with E-state index >= 15 is 0 Å². The molecular weight excluding hydrogens is 463 g/mol. The van der Waals surface area contributed by atoms with Crippen molar-refractivity contribution in [3.8, 4) is 5.75 Å². The molecule has 0 unspecified atom stereocenters. The zero-order valence-electron chi connectivity index (χ0n) is 19.1. The average molecular weight is 492 g/mol. The number of alkyl halides is 3. The van der Waals surface area contributed by atoms with Gasteiger partial charge in [-0.3, -0.25) is 14.4 Å². The van der Waals surface area contributed by atoms with E-state index in [4.69, 9.17) is 4.74 Å². The largest absolute Gasteiger partial charge is 0.484 e. The first kappa shape index (κ1) is 26.1. The van der Waals surface area contributed by atoms with E-state index in [0.717, 1.165) is 37.8 Å². The van der Waals surface area contributed by atoms with Crippen LogP contribution < -0.4 is 20.7 Å². The minimum absolute atomic E-state index is 0.00961. The zero-order chi connectivity index (χ0) is 25.3. The van der Waals surface area contributed by atoms with Crippen LogP contribution >= 0.6 is 0 Å². The molecular formula is C25H28F3N3O4. The molecule has 35 heavy (non-hydrogen) atoms. The van der Waals surface area contributed by atoms with Crippen LogP contribution in [0.4, 0.5) is 18.9 Å². The van der Waals surface area contributed by atoms with Crippen LogP contribution in [-0.4, -0.2) is 37.4 Å². The van der Waals surface area contributed by atoms with E-state index < -0.39 is 24.3 Å². The Hall–Kier alpha value is -3.56. The Kier molecular flexibility index (Phi) is 9.11. The average Bonchev–Trinajstić information content (AvgIpc) is 2.85. The Balaban J connectivity index is 1.38. The number of rotatable bonds is 9. The molecule has 3 amide bonds. The third kappa shape index (κ3) is 8.31. The van der Waals surface area contributed by atoms with Gasteiger partial charge in [-0.05, 0) is 55.3 Å². The van der Waals surface area contributed by atoms with E-state index in [1.54, 1.807) is 0 Å². The fourth-order valence-corrected chi connectivity index (χ4v) is 3.79. The molecule has 2 aromatic rings. The quantitative estimate of drug-likeness (QED) is 0.459. The molecule has 1 fully saturated rings. The highest BCUT2D eigenvalue weighted by Gasteiger charge is 2.30. The summed E-state index contributed by atoms with van der Waals surface area (Å²) in [6.45, 7) is 0.233. The highest BCUT2D eigenvalue weighted by molar-refractivity contribution is 5.94. The van der Waals surface area contributed by atoms with E-state index in [9.17, 15) is 27.6 Å². The lowest BCUT2D eigenvalue weighted by molar-refractivity contribution is -0.137. The van der Waals surface area contributed by atoms with Crippen LogP contribution in [0.3, 0.4) is 0 Å². The third-order valence-electron chi connectivity index (χ3n) is 5.65. The molecule has 7 nitrogen and oxygen atoms in total. The SMILES string of the molecule is O=C(COc1ccc(C(=O)NCCNC(=O)C2CCCCC2)cc1)Nc1cccc(C(F)(F)F)c1. The van der Waals surface area contributed by atoms with Crippen molar-refractivity contribution in [3.05, 3.63) is 59.7 Å². The molecule has 0 heterocycles. The van der Waals surface area contributed by atoms with Gasteiger partial charge in [0, 0.05) is 30.3 Å². The smallest absolute Gasteiger partial charge is 0.416 e. The fourth-order valence-electron chi connectivity index (χ4n) is 3.79. The van der Waals surface area contributed by atoms with E-state index in [-0.39, 0.29) is 23.4 Å². The van der Waals surface area contributed by atoms with Crippen LogP contribution in [-0.2, 0) is 15.8 Å². The molecule has 1 aliphatic carbocycles. The predicted octanol–water partition coefficient (Wildman–Crippen LogP) is 4.15. The molecule has 3 rings (SSSR count). The normalized spacial score (nSPS) is 14.1. The van der Waals surface area contributed by atoms with Crippen molar-refractivity contribution < 1.29 is 32.3 Å². The van der Waals surface area contributed by atoms with Crippen molar-refractivity contribution in [1.82, 2.24) is 10.6 Å². The van der Waals surface area contributed by atoms with Gasteiger partial charge < -0.3 is 20.7 Å². The number of nitrogens with one attached hydrogen (secondary N) is 3. The molecule has 0 spiro atoms. The van der Waals surface area contributed by atoms with Gasteiger partial charge in [-0.15, -0.1) is 0 Å². The monoisotopic (exact) mass is 491 g/mol. The van der Waals surface area contributed by atoms with Crippen LogP contribution in [0.5, 0.6) is 5.75 Å². The Bertz CT molecular complexity index is 1020. The van der Waals surface area contributed by atoms with E-state index in [1.807, 2.05) is 0 Å². The molecule has 1 saturated carbocycles. The van der Waals surface area contributed by atoms with E-state index in [2.05, 4.69) is 16.0 Å². The number of hydrogen-bond donors (Lipinski definition) is 3. The molecule has 0 saturated heterocycles. The van der Waals surface area contributed by atoms with Gasteiger partial charge in [0.25, 0.3) is 11.8 Å². The van der Waals surface area contributed by atoms with Crippen LogP contribution in [0.2, 0.25) is 0 Å². The maximum atomic E-state index is 12.8. The van der Waals surface area contributed by atoms with Crippen LogP contribution in [0.25, 0.3) is 0 Å². The maximum Gasteiger partial charge on any atom is 0.416 e. The molecule has 0 aliphatic heterocycles. The van der Waals surface area contributed by atoms with Crippen molar-refractivity contribution in [2.24, 2.45) is 5.92 Å². The molecule has 1 aliphatic rings. The fraction of sp³-hybridized carbons (Fsp3) is 0.400. The highest BCUT2D eigenvalue weighted by atomic mass is 19.4. The standard InChI is InChI=1S/C25H28F3N3O4/c26-25(27,28)19-7-4-8-20(15-19)31-22(32)16-35-21-11-9-18(10-12-21)24(34)30-14-13-29-23(33)17-5-2-1-3-6-17/h4,7-12,15,17H,1-3,5-6,13-14,16H2,(H,29,33)(H,30,34)(H,31,32). The Morgan fingerprint density at radius 2 is 1.60 bits per heavy atom. The van der Waals surface area contributed by atoms with E-state index in [1.165, 1.54) is 42.8 Å². The number of ether oxygens (including phenoxy) is 1. The molecule has 10 heteroatoms. The van der Waals surface area contributed by atoms with Crippen LogP contribution in [0.15, 0.2) is 48.5 Å². The number of halogens is 3. The summed E-state index contributed by atoms with van der Waals surface area (Å²) in [5.41, 5.74) is -0.476. The van der Waals surface area contributed by atoms with E-state index in [0.29, 0.717) is 24.4 Å². The Labute approximate surface area is 201 Å². The summed E-state index contributed by atoms with van der Waals surface area (Å²) >= 11 is 0. The number of carbonyl (C=O) groups is 3. The van der Waals surface area contributed by atoms with Gasteiger partial charge in [0.2, 0.25) is 5.91 Å². The first-order chi connectivity index (χ1) is 16.7. The predicted molar refractivity (Wildman–Crippen MR) is 124 cm³/mol. The molecule has 3 N–H and O–H groups in total. The minimum Gasteiger partial charge on any atom is -0.484 e. The van der Waals surface area contributed by atoms with Gasteiger partial charge in [0.15, 0.2) is 6.61 Å². The van der Waals surface area contributed by atoms with Crippen molar-refractivity contribution in [1.29, 1.82) is 0 Å². The molecule has 0 atom stereocenters. The molecule has 0 aromatic heterocycles. The highest BCUT2D eigenvalue weighted by Crippen LogP contribution is 2.30. The topological polar surface area (TPSA) is 96.5 Å². The summed E-state index contributed by atoms with van der Waals surface area (Å²) in [5, 5.41) is 7.94. The third-order valence-corrected chi connectivity index (χ3v) is 5.65. The van der Waals surface area contributed by atoms with Crippen LogP contribution in [0, 0.1) is 5.92 Å². The Morgan fingerprint density at radius 3 is 2.29 bits per heavy atom. The first-order valence-electron chi connectivity index (χ1n) is 11.5. The summed E-state index contributed by atoms with van der Waals surface area (Å²) in [5.74, 6) is -0.510. The number of anilines is 1. The number of carbonyl (C=O) groups excluding carboxylic acids is 3. The second kappa shape index (κ2) is 12.2. The summed E-state index contributed by atoms with van der Waals surface area (Å²) in [6, 6.07) is 10.4. The van der Waals surface area contributed by atoms with Gasteiger partial charge in [0.05, 0.1) is 5.56 Å². The van der Waals surface area contributed by atoms with Crippen molar-refractivity contribution in [2.75, 3.05) is 25.0 Å². The van der Waals surface area contributed by atoms with Gasteiger partial charge in [-0.1, -0.05) is 25.3 Å². The molecule has 188 valence electrons. The van der Waals surface area contributed by atoms with Gasteiger partial charge >= 0.3 is 6.18 Å². The summed E-state index contributed by atoms with van der Waals surface area (Å²) in [4.78, 5) is 36.4. The number of hydrogen-bond acceptors (Lipinski definition) is 4. The van der Waals surface area contributed by atoms with Crippen molar-refractivity contribution in [3.63, 3.8) is 0 Å². The first-order valence-corrected chi connectivity index (χ1v) is 11.5. The molecule has 0 bridgehead atoms. The zero-order valence-corrected chi connectivity index (χ0v) is 19.1. The van der Waals surface area contributed by atoms with Gasteiger partial charge in [0.1, 0.15) is 5.75 Å². The lowest BCUT2D eigenvalue weighted by Crippen LogP contribution is -2.38. The summed E-state index contributed by atoms with van der Waals surface area (Å²) in [7, 11) is 0. The van der Waals surface area contributed by atoms with Gasteiger partial charge in [-0.2, -0.15) is 13.2 Å². The summed E-state index contributed by atoms with van der Waals surface area (Å²) in [6.07, 6.45) is 0.661. The number of amides is 3. The second-order valence-electron chi connectivity index (χ2n) is 8.32. The Morgan fingerprint density at radius 1 is 0.914 bits per heavy atom. The second-order valence-corrected chi connectivity index (χ2v) is 8.32. The molecule has 2 aromatic carbocycles. The summed E-state index contributed by atoms with van der Waals surface area (Å²) < 4.78 is 43.7. The number of benzene rings is 2. The minimum atomic E-state index is -4.51. The van der Waals surface area contributed by atoms with Crippen molar-refractivity contribution >= 4 is 23.4 Å². The molecule has 0 radical (unpaired) electrons. The lowest BCUT2D eigenvalue weighted by atomic mass is 9.89. The van der Waals surface area contributed by atoms with Crippen LogP contribution in [0.1, 0.15) is 48.0 Å².